The lowest BCUT2D eigenvalue weighted by Gasteiger charge is -2.15. The zero-order valence-electron chi connectivity index (χ0n) is 15.0. The minimum Gasteiger partial charge on any atom is -0.321 e. The Balaban J connectivity index is 1.68. The lowest BCUT2D eigenvalue weighted by Crippen LogP contribution is -2.26. The van der Waals surface area contributed by atoms with E-state index in [-0.39, 0.29) is 23.1 Å². The molecule has 0 saturated heterocycles. The molecule has 7 heteroatoms. The molecule has 0 saturated carbocycles. The SMILES string of the molecule is CC(=O)N1CCc2cc(NC(=O)c3nn(C)c(=O)c4ccccc34)ccc21. The molecule has 0 fully saturated rings. The first-order valence-corrected chi connectivity index (χ1v) is 8.64. The zero-order chi connectivity index (χ0) is 19.1. The summed E-state index contributed by atoms with van der Waals surface area (Å²) in [5.41, 5.74) is 2.47. The number of carbonyl (C=O) groups excluding carboxylic acids is 2. The van der Waals surface area contributed by atoms with E-state index < -0.39 is 0 Å². The Kier molecular flexibility index (Phi) is 3.99. The standard InChI is InChI=1S/C20H18N4O3/c1-12(25)24-10-9-13-11-14(7-8-17(13)24)21-19(26)18-15-5-3-4-6-16(15)20(27)23(2)22-18/h3-8,11H,9-10H2,1-2H3,(H,21,26). The van der Waals surface area contributed by atoms with E-state index in [0.29, 0.717) is 23.0 Å². The van der Waals surface area contributed by atoms with Crippen LogP contribution in [0.25, 0.3) is 10.8 Å². The highest BCUT2D eigenvalue weighted by atomic mass is 16.2. The van der Waals surface area contributed by atoms with Crippen LogP contribution in [0.15, 0.2) is 47.3 Å². The normalized spacial score (nSPS) is 12.9. The van der Waals surface area contributed by atoms with Crippen LogP contribution >= 0.6 is 0 Å². The first-order chi connectivity index (χ1) is 13.0. The number of rotatable bonds is 2. The molecule has 2 heterocycles. The molecule has 7 nitrogen and oxygen atoms in total. The fraction of sp³-hybridized carbons (Fsp3) is 0.200. The summed E-state index contributed by atoms with van der Waals surface area (Å²) in [6, 6.07) is 12.4. The van der Waals surface area contributed by atoms with Gasteiger partial charge in [0.15, 0.2) is 5.69 Å². The van der Waals surface area contributed by atoms with Crippen molar-refractivity contribution in [3.05, 3.63) is 64.1 Å². The van der Waals surface area contributed by atoms with Crippen molar-refractivity contribution in [1.82, 2.24) is 9.78 Å². The summed E-state index contributed by atoms with van der Waals surface area (Å²) in [5, 5.41) is 7.96. The van der Waals surface area contributed by atoms with Crippen LogP contribution in [0.3, 0.4) is 0 Å². The third-order valence-electron chi connectivity index (χ3n) is 4.78. The fourth-order valence-corrected chi connectivity index (χ4v) is 3.46. The third kappa shape index (κ3) is 2.87. The number of nitrogens with one attached hydrogen (secondary N) is 1. The van der Waals surface area contributed by atoms with Gasteiger partial charge in [-0.15, -0.1) is 0 Å². The smallest absolute Gasteiger partial charge is 0.276 e. The van der Waals surface area contributed by atoms with Crippen LogP contribution in [-0.2, 0) is 18.3 Å². The van der Waals surface area contributed by atoms with E-state index in [1.54, 1.807) is 42.2 Å². The number of aryl methyl sites for hydroxylation is 1. The van der Waals surface area contributed by atoms with Gasteiger partial charge in [-0.05, 0) is 36.2 Å². The van der Waals surface area contributed by atoms with Crippen LogP contribution in [0.2, 0.25) is 0 Å². The van der Waals surface area contributed by atoms with Gasteiger partial charge in [0.25, 0.3) is 11.5 Å². The number of aromatic nitrogens is 2. The molecule has 0 aliphatic carbocycles. The average Bonchev–Trinajstić information content (AvgIpc) is 3.08. The van der Waals surface area contributed by atoms with E-state index in [1.807, 2.05) is 12.1 Å². The highest BCUT2D eigenvalue weighted by Crippen LogP contribution is 2.30. The van der Waals surface area contributed by atoms with Crippen LogP contribution in [-0.4, -0.2) is 28.1 Å². The molecule has 1 aliphatic rings. The summed E-state index contributed by atoms with van der Waals surface area (Å²) in [6.45, 7) is 2.19. The quantitative estimate of drug-likeness (QED) is 0.757. The predicted molar refractivity (Wildman–Crippen MR) is 103 cm³/mol. The van der Waals surface area contributed by atoms with Gasteiger partial charge in [0, 0.05) is 37.3 Å². The molecule has 3 aromatic rings. The largest absolute Gasteiger partial charge is 0.321 e. The van der Waals surface area contributed by atoms with Crippen molar-refractivity contribution in [2.75, 3.05) is 16.8 Å². The molecular weight excluding hydrogens is 344 g/mol. The lowest BCUT2D eigenvalue weighted by atomic mass is 10.1. The number of carbonyl (C=O) groups is 2. The van der Waals surface area contributed by atoms with Gasteiger partial charge < -0.3 is 10.2 Å². The van der Waals surface area contributed by atoms with Gasteiger partial charge in [-0.1, -0.05) is 18.2 Å². The number of benzene rings is 2. The van der Waals surface area contributed by atoms with E-state index in [1.165, 1.54) is 11.7 Å². The highest BCUT2D eigenvalue weighted by Gasteiger charge is 2.23. The summed E-state index contributed by atoms with van der Waals surface area (Å²) in [6.07, 6.45) is 0.750. The molecule has 0 bridgehead atoms. The topological polar surface area (TPSA) is 84.3 Å². The predicted octanol–water partition coefficient (Wildman–Crippen LogP) is 2.09. The Bertz CT molecular complexity index is 1150. The van der Waals surface area contributed by atoms with Crippen molar-refractivity contribution in [3.63, 3.8) is 0 Å². The summed E-state index contributed by atoms with van der Waals surface area (Å²) in [7, 11) is 1.53. The third-order valence-corrected chi connectivity index (χ3v) is 4.78. The Morgan fingerprint density at radius 3 is 2.59 bits per heavy atom. The molecule has 0 unspecified atom stereocenters. The maximum absolute atomic E-state index is 12.8. The first-order valence-electron chi connectivity index (χ1n) is 8.64. The Labute approximate surface area is 155 Å². The highest BCUT2D eigenvalue weighted by molar-refractivity contribution is 6.11. The van der Waals surface area contributed by atoms with Gasteiger partial charge >= 0.3 is 0 Å². The molecule has 0 atom stereocenters. The van der Waals surface area contributed by atoms with Gasteiger partial charge in [-0.2, -0.15) is 5.10 Å². The molecule has 136 valence electrons. The zero-order valence-corrected chi connectivity index (χ0v) is 15.0. The summed E-state index contributed by atoms with van der Waals surface area (Å²) < 4.78 is 1.17. The number of nitrogens with zero attached hydrogens (tertiary/aromatic N) is 3. The lowest BCUT2D eigenvalue weighted by molar-refractivity contribution is -0.116. The van der Waals surface area contributed by atoms with Gasteiger partial charge in [-0.3, -0.25) is 14.4 Å². The Morgan fingerprint density at radius 1 is 1.11 bits per heavy atom. The van der Waals surface area contributed by atoms with Gasteiger partial charge in [-0.25, -0.2) is 4.68 Å². The maximum Gasteiger partial charge on any atom is 0.276 e. The van der Waals surface area contributed by atoms with Gasteiger partial charge in [0.1, 0.15) is 0 Å². The molecule has 0 spiro atoms. The summed E-state index contributed by atoms with van der Waals surface area (Å²) in [4.78, 5) is 38.4. The Hall–Kier alpha value is -3.48. The van der Waals surface area contributed by atoms with E-state index in [0.717, 1.165) is 17.7 Å². The molecule has 1 aromatic heterocycles. The van der Waals surface area contributed by atoms with Gasteiger partial charge in [0.2, 0.25) is 5.91 Å². The van der Waals surface area contributed by atoms with Gasteiger partial charge in [0.05, 0.1) is 5.39 Å². The second kappa shape index (κ2) is 6.35. The van der Waals surface area contributed by atoms with Crippen molar-refractivity contribution in [2.24, 2.45) is 7.05 Å². The van der Waals surface area contributed by atoms with E-state index >= 15 is 0 Å². The molecule has 4 rings (SSSR count). The average molecular weight is 362 g/mol. The number of hydrogen-bond donors (Lipinski definition) is 1. The molecule has 2 amide bonds. The minimum absolute atomic E-state index is 0.00593. The molecule has 27 heavy (non-hydrogen) atoms. The number of amides is 2. The Morgan fingerprint density at radius 2 is 1.85 bits per heavy atom. The second-order valence-electron chi connectivity index (χ2n) is 6.54. The fourth-order valence-electron chi connectivity index (χ4n) is 3.46. The summed E-state index contributed by atoms with van der Waals surface area (Å²) in [5.74, 6) is -0.380. The van der Waals surface area contributed by atoms with Crippen molar-refractivity contribution >= 4 is 34.0 Å². The molecular formula is C20H18N4O3. The second-order valence-corrected chi connectivity index (χ2v) is 6.54. The van der Waals surface area contributed by atoms with Crippen molar-refractivity contribution < 1.29 is 9.59 Å². The molecule has 0 radical (unpaired) electrons. The number of anilines is 2. The molecule has 2 aromatic carbocycles. The van der Waals surface area contributed by atoms with Crippen LogP contribution in [0.1, 0.15) is 23.0 Å². The monoisotopic (exact) mass is 362 g/mol. The van der Waals surface area contributed by atoms with Crippen LogP contribution in [0.5, 0.6) is 0 Å². The van der Waals surface area contributed by atoms with Crippen molar-refractivity contribution in [2.45, 2.75) is 13.3 Å². The number of hydrogen-bond acceptors (Lipinski definition) is 4. The van der Waals surface area contributed by atoms with Crippen LogP contribution in [0, 0.1) is 0 Å². The molecule has 1 N–H and O–H groups in total. The van der Waals surface area contributed by atoms with Crippen LogP contribution < -0.4 is 15.8 Å². The van der Waals surface area contributed by atoms with Crippen molar-refractivity contribution in [1.29, 1.82) is 0 Å². The van der Waals surface area contributed by atoms with E-state index in [2.05, 4.69) is 10.4 Å². The maximum atomic E-state index is 12.8. The minimum atomic E-state index is -0.386. The first kappa shape index (κ1) is 17.0. The summed E-state index contributed by atoms with van der Waals surface area (Å²) >= 11 is 0. The van der Waals surface area contributed by atoms with Crippen LogP contribution in [0.4, 0.5) is 11.4 Å². The molecule has 1 aliphatic heterocycles. The van der Waals surface area contributed by atoms with Crippen molar-refractivity contribution in [3.8, 4) is 0 Å². The van der Waals surface area contributed by atoms with E-state index in [9.17, 15) is 14.4 Å². The van der Waals surface area contributed by atoms with E-state index in [4.69, 9.17) is 0 Å². The number of fused-ring (bicyclic) bond motifs is 2.